The van der Waals surface area contributed by atoms with Crippen molar-refractivity contribution in [3.63, 3.8) is 0 Å². The fourth-order valence-electron chi connectivity index (χ4n) is 2.60. The molecule has 3 aromatic rings. The number of hydrogen-bond acceptors (Lipinski definition) is 3. The van der Waals surface area contributed by atoms with Crippen molar-refractivity contribution in [3.8, 4) is 0 Å². The zero-order chi connectivity index (χ0) is 17.5. The van der Waals surface area contributed by atoms with Crippen LogP contribution in [0.4, 0.5) is 5.69 Å². The van der Waals surface area contributed by atoms with Crippen LogP contribution in [0.15, 0.2) is 46.1 Å². The van der Waals surface area contributed by atoms with Gasteiger partial charge in [-0.2, -0.15) is 0 Å². The van der Waals surface area contributed by atoms with Crippen molar-refractivity contribution in [2.45, 2.75) is 25.3 Å². The van der Waals surface area contributed by atoms with Crippen molar-refractivity contribution in [2.75, 3.05) is 4.72 Å². The minimum atomic E-state index is -3.80. The molecule has 0 fully saturated rings. The molecule has 24 heavy (non-hydrogen) atoms. The third kappa shape index (κ3) is 2.81. The summed E-state index contributed by atoms with van der Waals surface area (Å²) in [7, 11) is -3.80. The number of anilines is 1. The standard InChI is InChI=1S/C16H16ClN3O3S/c1-3-20-14-8-7-11(9-12(14)16(21)18-20)19-24(22,23)15-6-4-5-13(17)10(15)2/h4-9,19H,3H2,1-2H3,(H,18,21). The second-order valence-corrected chi connectivity index (χ2v) is 7.44. The van der Waals surface area contributed by atoms with Gasteiger partial charge in [0.1, 0.15) is 0 Å². The van der Waals surface area contributed by atoms with Crippen LogP contribution in [0.1, 0.15) is 12.5 Å². The van der Waals surface area contributed by atoms with E-state index in [0.717, 1.165) is 5.52 Å². The first-order chi connectivity index (χ1) is 11.3. The van der Waals surface area contributed by atoms with Gasteiger partial charge in [0.2, 0.25) is 0 Å². The summed E-state index contributed by atoms with van der Waals surface area (Å²) in [6, 6.07) is 9.56. The molecule has 0 radical (unpaired) electrons. The topological polar surface area (TPSA) is 84.0 Å². The molecule has 8 heteroatoms. The smallest absolute Gasteiger partial charge is 0.272 e. The fraction of sp³-hybridized carbons (Fsp3) is 0.188. The molecule has 126 valence electrons. The molecular weight excluding hydrogens is 350 g/mol. The van der Waals surface area contributed by atoms with E-state index in [2.05, 4.69) is 9.82 Å². The van der Waals surface area contributed by atoms with E-state index in [-0.39, 0.29) is 10.5 Å². The molecule has 2 aromatic carbocycles. The lowest BCUT2D eigenvalue weighted by molar-refractivity contribution is 0.600. The summed E-state index contributed by atoms with van der Waals surface area (Å²) < 4.78 is 29.4. The van der Waals surface area contributed by atoms with E-state index in [0.29, 0.717) is 28.2 Å². The highest BCUT2D eigenvalue weighted by molar-refractivity contribution is 7.92. The Morgan fingerprint density at radius 2 is 2.00 bits per heavy atom. The Hall–Kier alpha value is -2.25. The van der Waals surface area contributed by atoms with Gasteiger partial charge in [0.25, 0.3) is 15.6 Å². The maximum atomic E-state index is 12.6. The van der Waals surface area contributed by atoms with E-state index < -0.39 is 10.0 Å². The minimum absolute atomic E-state index is 0.107. The number of aromatic nitrogens is 2. The molecular formula is C16H16ClN3O3S. The number of halogens is 1. The molecule has 0 bridgehead atoms. The van der Waals surface area contributed by atoms with E-state index in [1.807, 2.05) is 6.92 Å². The van der Waals surface area contributed by atoms with E-state index in [4.69, 9.17) is 11.6 Å². The molecule has 0 aliphatic carbocycles. The number of nitrogens with one attached hydrogen (secondary N) is 2. The van der Waals surface area contributed by atoms with Gasteiger partial charge in [0.15, 0.2) is 0 Å². The first-order valence-electron chi connectivity index (χ1n) is 7.34. The largest absolute Gasteiger partial charge is 0.285 e. The average molecular weight is 366 g/mol. The van der Waals surface area contributed by atoms with Crippen molar-refractivity contribution in [1.29, 1.82) is 0 Å². The van der Waals surface area contributed by atoms with Gasteiger partial charge in [-0.15, -0.1) is 0 Å². The normalized spacial score (nSPS) is 11.8. The zero-order valence-corrected chi connectivity index (χ0v) is 14.7. The average Bonchev–Trinajstić information content (AvgIpc) is 2.85. The van der Waals surface area contributed by atoms with Gasteiger partial charge >= 0.3 is 0 Å². The van der Waals surface area contributed by atoms with Crippen LogP contribution < -0.4 is 10.3 Å². The predicted octanol–water partition coefficient (Wildman–Crippen LogP) is 3.11. The van der Waals surface area contributed by atoms with Gasteiger partial charge in [0, 0.05) is 17.3 Å². The summed E-state index contributed by atoms with van der Waals surface area (Å²) in [6.07, 6.45) is 0. The van der Waals surface area contributed by atoms with Crippen molar-refractivity contribution in [2.24, 2.45) is 0 Å². The number of aryl methyl sites for hydroxylation is 1. The summed E-state index contributed by atoms with van der Waals surface area (Å²) in [5, 5.41) is 3.52. The van der Waals surface area contributed by atoms with Gasteiger partial charge in [-0.05, 0) is 49.7 Å². The van der Waals surface area contributed by atoms with Gasteiger partial charge in [-0.25, -0.2) is 8.42 Å². The van der Waals surface area contributed by atoms with Crippen LogP contribution in [0.3, 0.4) is 0 Å². The van der Waals surface area contributed by atoms with Crippen molar-refractivity contribution in [1.82, 2.24) is 9.78 Å². The van der Waals surface area contributed by atoms with Gasteiger partial charge in [-0.1, -0.05) is 17.7 Å². The first-order valence-corrected chi connectivity index (χ1v) is 9.20. The van der Waals surface area contributed by atoms with Crippen molar-refractivity contribution in [3.05, 3.63) is 57.3 Å². The Kier molecular flexibility index (Phi) is 4.15. The van der Waals surface area contributed by atoms with Crippen LogP contribution in [0.2, 0.25) is 5.02 Å². The van der Waals surface area contributed by atoms with Gasteiger partial charge in [-0.3, -0.25) is 19.3 Å². The SMILES string of the molecule is CCn1[nH]c(=O)c2cc(NS(=O)(=O)c3cccc(Cl)c3C)ccc21. The molecule has 0 unspecified atom stereocenters. The van der Waals surface area contributed by atoms with Gasteiger partial charge in [0.05, 0.1) is 15.8 Å². The fourth-order valence-corrected chi connectivity index (χ4v) is 4.15. The molecule has 1 aromatic heterocycles. The molecule has 1 heterocycles. The lowest BCUT2D eigenvalue weighted by atomic mass is 10.2. The van der Waals surface area contributed by atoms with Crippen LogP contribution in [0.5, 0.6) is 0 Å². The number of sulfonamides is 1. The number of benzene rings is 2. The second-order valence-electron chi connectivity index (χ2n) is 5.39. The van der Waals surface area contributed by atoms with E-state index in [9.17, 15) is 13.2 Å². The molecule has 0 saturated heterocycles. The molecule has 0 saturated carbocycles. The van der Waals surface area contributed by atoms with E-state index in [1.165, 1.54) is 12.1 Å². The Bertz CT molecular complexity index is 1080. The third-order valence-electron chi connectivity index (χ3n) is 3.84. The van der Waals surface area contributed by atoms with Crippen LogP contribution in [-0.2, 0) is 16.6 Å². The predicted molar refractivity (Wildman–Crippen MR) is 95.2 cm³/mol. The Morgan fingerprint density at radius 3 is 2.71 bits per heavy atom. The number of fused-ring (bicyclic) bond motifs is 1. The number of nitrogens with zero attached hydrogens (tertiary/aromatic N) is 1. The summed E-state index contributed by atoms with van der Waals surface area (Å²) >= 11 is 6.00. The zero-order valence-electron chi connectivity index (χ0n) is 13.1. The Morgan fingerprint density at radius 1 is 1.25 bits per heavy atom. The highest BCUT2D eigenvalue weighted by atomic mass is 35.5. The van der Waals surface area contributed by atoms with Crippen molar-refractivity contribution < 1.29 is 8.42 Å². The van der Waals surface area contributed by atoms with Crippen LogP contribution in [0.25, 0.3) is 10.9 Å². The molecule has 0 aliphatic rings. The number of hydrogen-bond donors (Lipinski definition) is 2. The van der Waals surface area contributed by atoms with E-state index >= 15 is 0 Å². The summed E-state index contributed by atoms with van der Waals surface area (Å²) in [4.78, 5) is 12.1. The second kappa shape index (κ2) is 5.99. The van der Waals surface area contributed by atoms with Crippen molar-refractivity contribution >= 4 is 38.2 Å². The molecule has 0 aliphatic heterocycles. The summed E-state index contributed by atoms with van der Waals surface area (Å²) in [5.74, 6) is 0. The molecule has 6 nitrogen and oxygen atoms in total. The molecule has 0 amide bonds. The lowest BCUT2D eigenvalue weighted by Gasteiger charge is -2.11. The van der Waals surface area contributed by atoms with Crippen LogP contribution in [0, 0.1) is 6.92 Å². The summed E-state index contributed by atoms with van der Waals surface area (Å²) in [6.45, 7) is 4.17. The number of rotatable bonds is 4. The maximum absolute atomic E-state index is 12.6. The number of H-pyrrole nitrogens is 1. The van der Waals surface area contributed by atoms with Gasteiger partial charge < -0.3 is 0 Å². The van der Waals surface area contributed by atoms with Crippen LogP contribution >= 0.6 is 11.6 Å². The van der Waals surface area contributed by atoms with Crippen LogP contribution in [-0.4, -0.2) is 18.2 Å². The number of aromatic amines is 1. The first kappa shape index (κ1) is 16.6. The van der Waals surface area contributed by atoms with E-state index in [1.54, 1.807) is 35.9 Å². The highest BCUT2D eigenvalue weighted by Crippen LogP contribution is 2.25. The maximum Gasteiger partial charge on any atom is 0.272 e. The third-order valence-corrected chi connectivity index (χ3v) is 5.78. The molecule has 2 N–H and O–H groups in total. The Balaban J connectivity index is 2.04. The Labute approximate surface area is 144 Å². The lowest BCUT2D eigenvalue weighted by Crippen LogP contribution is -2.14. The molecule has 3 rings (SSSR count). The highest BCUT2D eigenvalue weighted by Gasteiger charge is 2.19. The molecule has 0 spiro atoms. The molecule has 0 atom stereocenters. The monoisotopic (exact) mass is 365 g/mol. The minimum Gasteiger partial charge on any atom is -0.285 e. The summed E-state index contributed by atoms with van der Waals surface area (Å²) in [5.41, 5.74) is 1.26. The quantitative estimate of drug-likeness (QED) is 0.745.